The molecule has 4 rings (SSSR count). The maximum Gasteiger partial charge on any atom is 0.306 e. The van der Waals surface area contributed by atoms with Crippen molar-refractivity contribution in [3.63, 3.8) is 0 Å². The number of rotatable bonds is 5. The quantitative estimate of drug-likeness (QED) is 0.418. The van der Waals surface area contributed by atoms with Crippen LogP contribution in [-0.2, 0) is 10.4 Å². The lowest BCUT2D eigenvalue weighted by Crippen LogP contribution is -2.34. The summed E-state index contributed by atoms with van der Waals surface area (Å²) >= 11 is 0. The van der Waals surface area contributed by atoms with E-state index in [1.54, 1.807) is 0 Å². The summed E-state index contributed by atoms with van der Waals surface area (Å²) in [6, 6.07) is 7.12. The Kier molecular flexibility index (Phi) is 6.37. The molecule has 1 saturated carbocycles. The summed E-state index contributed by atoms with van der Waals surface area (Å²) in [6.45, 7) is 11.6. The summed E-state index contributed by atoms with van der Waals surface area (Å²) < 4.78 is 0. The molecule has 0 saturated heterocycles. The van der Waals surface area contributed by atoms with Crippen molar-refractivity contribution in [2.24, 2.45) is 11.3 Å². The first-order valence-corrected chi connectivity index (χ1v) is 11.8. The van der Waals surface area contributed by atoms with Crippen molar-refractivity contribution in [1.29, 1.82) is 0 Å². The Morgan fingerprint density at radius 1 is 1.18 bits per heavy atom. The zero-order valence-electron chi connectivity index (χ0n) is 19.6. The second-order valence-corrected chi connectivity index (χ2v) is 10.3. The first-order chi connectivity index (χ1) is 16.1. The van der Waals surface area contributed by atoms with E-state index in [4.69, 9.17) is 6.57 Å². The van der Waals surface area contributed by atoms with Crippen molar-refractivity contribution in [3.05, 3.63) is 64.8 Å². The van der Waals surface area contributed by atoms with Crippen LogP contribution in [0.4, 0.5) is 11.4 Å². The molecule has 4 N–H and O–H groups in total. The number of carboxylic acid groups (broad SMARTS) is 1. The second-order valence-electron chi connectivity index (χ2n) is 10.3. The van der Waals surface area contributed by atoms with Gasteiger partial charge >= 0.3 is 5.97 Å². The molecule has 178 valence electrons. The van der Waals surface area contributed by atoms with Crippen molar-refractivity contribution < 1.29 is 19.8 Å². The largest absolute Gasteiger partial charge is 0.481 e. The van der Waals surface area contributed by atoms with Gasteiger partial charge in [-0.25, -0.2) is 4.85 Å². The number of carbonyl (C=O) groups is 2. The molecule has 1 amide bonds. The molecule has 2 aromatic rings. The van der Waals surface area contributed by atoms with E-state index in [1.165, 1.54) is 12.3 Å². The number of benzene rings is 1. The van der Waals surface area contributed by atoms with Gasteiger partial charge in [0.2, 0.25) is 5.69 Å². The number of amides is 1. The van der Waals surface area contributed by atoms with E-state index in [2.05, 4.69) is 35.1 Å². The van der Waals surface area contributed by atoms with Gasteiger partial charge in [0.15, 0.2) is 0 Å². The minimum absolute atomic E-state index is 0.221. The average Bonchev–Trinajstić information content (AvgIpc) is 3.29. The molecule has 0 radical (unpaired) electrons. The Morgan fingerprint density at radius 3 is 2.50 bits per heavy atom. The molecule has 0 unspecified atom stereocenters. The van der Waals surface area contributed by atoms with Gasteiger partial charge in [-0.3, -0.25) is 9.59 Å². The number of allylic oxidation sites excluding steroid dienone is 2. The number of hydrogen-bond acceptors (Lipinski definition) is 3. The topological polar surface area (TPSA) is 107 Å². The van der Waals surface area contributed by atoms with Gasteiger partial charge in [0.1, 0.15) is 0 Å². The summed E-state index contributed by atoms with van der Waals surface area (Å²) in [7, 11) is 0. The number of nitrogens with zero attached hydrogens (tertiary/aromatic N) is 1. The maximum atomic E-state index is 12.9. The third-order valence-electron chi connectivity index (χ3n) is 7.33. The summed E-state index contributed by atoms with van der Waals surface area (Å²) in [5, 5.41) is 23.7. The minimum Gasteiger partial charge on any atom is -0.481 e. The van der Waals surface area contributed by atoms with Crippen molar-refractivity contribution >= 4 is 28.8 Å². The predicted molar refractivity (Wildman–Crippen MR) is 131 cm³/mol. The van der Waals surface area contributed by atoms with E-state index >= 15 is 0 Å². The van der Waals surface area contributed by atoms with Crippen LogP contribution < -0.4 is 5.32 Å². The summed E-state index contributed by atoms with van der Waals surface area (Å²) in [5.41, 5.74) is 3.24. The number of H-pyrrole nitrogens is 1. The number of aromatic amines is 1. The lowest BCUT2D eigenvalue weighted by atomic mass is 9.73. The lowest BCUT2D eigenvalue weighted by molar-refractivity contribution is -0.145. The molecule has 1 fully saturated rings. The summed E-state index contributed by atoms with van der Waals surface area (Å²) in [5.74, 6) is -1.55. The van der Waals surface area contributed by atoms with Crippen LogP contribution in [0.15, 0.2) is 36.5 Å². The van der Waals surface area contributed by atoms with Crippen LogP contribution >= 0.6 is 0 Å². The van der Waals surface area contributed by atoms with Crippen LogP contribution in [0.1, 0.15) is 80.4 Å². The van der Waals surface area contributed by atoms with Crippen LogP contribution in [0.2, 0.25) is 0 Å². The van der Waals surface area contributed by atoms with Crippen molar-refractivity contribution in [1.82, 2.24) is 4.98 Å². The Hall–Kier alpha value is -3.37. The summed E-state index contributed by atoms with van der Waals surface area (Å²) in [4.78, 5) is 30.4. The molecule has 1 aromatic carbocycles. The van der Waals surface area contributed by atoms with Crippen LogP contribution in [0, 0.1) is 17.9 Å². The van der Waals surface area contributed by atoms with Crippen LogP contribution in [0.25, 0.3) is 10.4 Å². The molecule has 0 aliphatic heterocycles. The van der Waals surface area contributed by atoms with E-state index in [-0.39, 0.29) is 11.3 Å². The molecule has 2 aliphatic carbocycles. The standard InChI is InChI=1S/C27H31N3O4/c1-26(2)10-6-17(7-11-26)21-14-19(27(34)12-8-18(9-13-27)25(32)33)4-5-22(21)30-24(31)23-15-20(28-3)16-29-23/h4-6,14-16,18,29,34H,7-13H2,1-2H3,(H,30,31)(H,32,33). The molecule has 1 aromatic heterocycles. The predicted octanol–water partition coefficient (Wildman–Crippen LogP) is 5.87. The van der Waals surface area contributed by atoms with Gasteiger partial charge in [0.05, 0.1) is 23.8 Å². The molecule has 7 heteroatoms. The van der Waals surface area contributed by atoms with E-state index in [1.807, 2.05) is 18.2 Å². The lowest BCUT2D eigenvalue weighted by Gasteiger charge is -2.36. The highest BCUT2D eigenvalue weighted by atomic mass is 16.4. The molecule has 0 spiro atoms. The fraction of sp³-hybridized carbons (Fsp3) is 0.444. The minimum atomic E-state index is -1.08. The highest BCUT2D eigenvalue weighted by Gasteiger charge is 2.37. The third kappa shape index (κ3) is 4.92. The SMILES string of the molecule is [C-]#[N+]c1c[nH]c(C(=O)Nc2ccc(C3(O)CCC(C(=O)O)CC3)cc2C2=CCC(C)(C)CC2)c1. The Labute approximate surface area is 199 Å². The number of carbonyl (C=O) groups excluding carboxylic acids is 1. The molecular formula is C27H31N3O4. The van der Waals surface area contributed by atoms with Gasteiger partial charge in [-0.2, -0.15) is 0 Å². The average molecular weight is 462 g/mol. The van der Waals surface area contributed by atoms with E-state index in [9.17, 15) is 19.8 Å². The highest BCUT2D eigenvalue weighted by Crippen LogP contribution is 2.44. The van der Waals surface area contributed by atoms with Gasteiger partial charge < -0.3 is 20.5 Å². The second kappa shape index (κ2) is 9.11. The molecule has 0 bridgehead atoms. The van der Waals surface area contributed by atoms with E-state index < -0.39 is 17.5 Å². The Morgan fingerprint density at radius 2 is 1.91 bits per heavy atom. The number of aliphatic carboxylic acids is 1. The highest BCUT2D eigenvalue weighted by molar-refractivity contribution is 6.05. The summed E-state index contributed by atoms with van der Waals surface area (Å²) in [6.07, 6.45) is 8.19. The smallest absolute Gasteiger partial charge is 0.306 e. The number of carboxylic acids is 1. The molecule has 2 aliphatic rings. The van der Waals surface area contributed by atoms with Crippen molar-refractivity contribution in [2.45, 2.75) is 64.4 Å². The Bertz CT molecular complexity index is 1180. The van der Waals surface area contributed by atoms with E-state index in [0.29, 0.717) is 42.8 Å². The normalized spacial score (nSPS) is 24.1. The number of hydrogen-bond donors (Lipinski definition) is 4. The molecule has 0 atom stereocenters. The molecular weight excluding hydrogens is 430 g/mol. The fourth-order valence-electron chi connectivity index (χ4n) is 4.93. The zero-order valence-corrected chi connectivity index (χ0v) is 19.6. The van der Waals surface area contributed by atoms with Gasteiger partial charge in [-0.05, 0) is 79.7 Å². The van der Waals surface area contributed by atoms with Gasteiger partial charge in [0, 0.05) is 17.4 Å². The van der Waals surface area contributed by atoms with E-state index in [0.717, 1.165) is 36.0 Å². The monoisotopic (exact) mass is 461 g/mol. The Balaban J connectivity index is 1.66. The number of anilines is 1. The van der Waals surface area contributed by atoms with Crippen LogP contribution in [0.5, 0.6) is 0 Å². The van der Waals surface area contributed by atoms with Crippen molar-refractivity contribution in [3.8, 4) is 0 Å². The number of aromatic nitrogens is 1. The third-order valence-corrected chi connectivity index (χ3v) is 7.33. The molecule has 7 nitrogen and oxygen atoms in total. The van der Waals surface area contributed by atoms with Crippen LogP contribution in [-0.4, -0.2) is 27.1 Å². The van der Waals surface area contributed by atoms with Gasteiger partial charge in [-0.1, -0.05) is 26.0 Å². The number of aliphatic hydroxyl groups is 1. The first-order valence-electron chi connectivity index (χ1n) is 11.8. The van der Waals surface area contributed by atoms with Crippen LogP contribution in [0.3, 0.4) is 0 Å². The molecule has 34 heavy (non-hydrogen) atoms. The molecule has 1 heterocycles. The number of nitrogens with one attached hydrogen (secondary N) is 2. The van der Waals surface area contributed by atoms with Gasteiger partial charge in [-0.15, -0.1) is 0 Å². The van der Waals surface area contributed by atoms with Gasteiger partial charge in [0.25, 0.3) is 5.91 Å². The maximum absolute atomic E-state index is 12.9. The van der Waals surface area contributed by atoms with Crippen molar-refractivity contribution in [2.75, 3.05) is 5.32 Å². The first kappa shape index (κ1) is 23.8. The zero-order chi connectivity index (χ0) is 24.5. The fourth-order valence-corrected chi connectivity index (χ4v) is 4.93.